The van der Waals surface area contributed by atoms with Crippen molar-refractivity contribution in [1.82, 2.24) is 4.72 Å². The summed E-state index contributed by atoms with van der Waals surface area (Å²) in [5.41, 5.74) is -0.220. The topological polar surface area (TPSA) is 138 Å². The number of nitrogens with zero attached hydrogens (tertiary/aromatic N) is 1. The van der Waals surface area contributed by atoms with Crippen molar-refractivity contribution in [2.24, 2.45) is 0 Å². The van der Waals surface area contributed by atoms with Crippen LogP contribution < -0.4 is 9.46 Å². The summed E-state index contributed by atoms with van der Waals surface area (Å²) in [4.78, 5) is 21.3. The van der Waals surface area contributed by atoms with Crippen LogP contribution in [0.5, 0.6) is 5.75 Å². The second-order valence-corrected chi connectivity index (χ2v) is 6.83. The molecule has 0 bridgehead atoms. The van der Waals surface area contributed by atoms with Gasteiger partial charge in [0.25, 0.3) is 5.69 Å². The Morgan fingerprint density at radius 3 is 2.58 bits per heavy atom. The number of ether oxygens (including phenoxy) is 2. The maximum atomic E-state index is 12.5. The van der Waals surface area contributed by atoms with Crippen LogP contribution in [0.15, 0.2) is 33.6 Å². The third-order valence-corrected chi connectivity index (χ3v) is 4.88. The second kappa shape index (κ2) is 7.54. The van der Waals surface area contributed by atoms with E-state index < -0.39 is 26.6 Å². The average Bonchev–Trinajstić information content (AvgIpc) is 2.99. The van der Waals surface area contributed by atoms with Gasteiger partial charge < -0.3 is 13.9 Å². The zero-order valence-corrected chi connectivity index (χ0v) is 15.0. The standard InChI is InChI=1S/C15H16N2O8S/c1-9-12(15(18)24-3)7-11(25-9)8-16-26(21,22)14-6-10(17(19)20)4-5-13(14)23-2/h4-7,16H,8H2,1-3H3. The fourth-order valence-corrected chi connectivity index (χ4v) is 3.36. The van der Waals surface area contributed by atoms with E-state index in [1.165, 1.54) is 33.3 Å². The summed E-state index contributed by atoms with van der Waals surface area (Å²) in [5, 5.41) is 10.9. The Hall–Kier alpha value is -2.92. The molecule has 0 fully saturated rings. The minimum absolute atomic E-state index is 0.0472. The maximum absolute atomic E-state index is 12.5. The predicted octanol–water partition coefficient (Wildman–Crippen LogP) is 1.77. The first-order valence-electron chi connectivity index (χ1n) is 7.19. The van der Waals surface area contributed by atoms with E-state index in [-0.39, 0.29) is 34.3 Å². The monoisotopic (exact) mass is 384 g/mol. The number of non-ortho nitro benzene ring substituents is 1. The molecule has 0 aliphatic heterocycles. The zero-order chi connectivity index (χ0) is 19.5. The van der Waals surface area contributed by atoms with Crippen LogP contribution in [0.2, 0.25) is 0 Å². The van der Waals surface area contributed by atoms with E-state index >= 15 is 0 Å². The van der Waals surface area contributed by atoms with E-state index in [2.05, 4.69) is 9.46 Å². The van der Waals surface area contributed by atoms with Gasteiger partial charge in [0.15, 0.2) is 0 Å². The van der Waals surface area contributed by atoms with Gasteiger partial charge in [-0.15, -0.1) is 0 Å². The lowest BCUT2D eigenvalue weighted by atomic mass is 10.2. The number of carbonyl (C=O) groups excluding carboxylic acids is 1. The highest BCUT2D eigenvalue weighted by Gasteiger charge is 2.24. The molecule has 0 atom stereocenters. The zero-order valence-electron chi connectivity index (χ0n) is 14.1. The summed E-state index contributed by atoms with van der Waals surface area (Å²) in [6.45, 7) is 1.26. The number of furan rings is 1. The van der Waals surface area contributed by atoms with E-state index in [1.54, 1.807) is 0 Å². The first-order chi connectivity index (χ1) is 12.2. The minimum atomic E-state index is -4.14. The number of rotatable bonds is 7. The van der Waals surface area contributed by atoms with Crippen LogP contribution in [0.1, 0.15) is 21.9 Å². The average molecular weight is 384 g/mol. The second-order valence-electron chi connectivity index (χ2n) is 5.09. The molecule has 0 unspecified atom stereocenters. The lowest BCUT2D eigenvalue weighted by Crippen LogP contribution is -2.23. The Morgan fingerprint density at radius 1 is 1.31 bits per heavy atom. The molecule has 0 saturated heterocycles. The number of nitro groups is 1. The number of nitro benzene ring substituents is 1. The number of aryl methyl sites for hydroxylation is 1. The van der Waals surface area contributed by atoms with Crippen LogP contribution in [0.4, 0.5) is 5.69 Å². The molecule has 0 spiro atoms. The Bertz CT molecular complexity index is 949. The van der Waals surface area contributed by atoms with Crippen molar-refractivity contribution < 1.29 is 32.0 Å². The van der Waals surface area contributed by atoms with Gasteiger partial charge in [0.1, 0.15) is 27.7 Å². The molecule has 0 radical (unpaired) electrons. The quantitative estimate of drug-likeness (QED) is 0.433. The summed E-state index contributed by atoms with van der Waals surface area (Å²) in [5.74, 6) is -0.204. The number of nitrogens with one attached hydrogen (secondary N) is 1. The smallest absolute Gasteiger partial charge is 0.341 e. The third kappa shape index (κ3) is 4.00. The molecule has 140 valence electrons. The van der Waals surface area contributed by atoms with Gasteiger partial charge in [0.2, 0.25) is 10.0 Å². The van der Waals surface area contributed by atoms with Crippen molar-refractivity contribution in [2.45, 2.75) is 18.4 Å². The van der Waals surface area contributed by atoms with Crippen LogP contribution in [-0.4, -0.2) is 33.5 Å². The van der Waals surface area contributed by atoms with Gasteiger partial charge in [-0.25, -0.2) is 17.9 Å². The molecule has 1 aromatic heterocycles. The van der Waals surface area contributed by atoms with Crippen LogP contribution in [0.25, 0.3) is 0 Å². The van der Waals surface area contributed by atoms with Gasteiger partial charge in [0, 0.05) is 12.1 Å². The molecular formula is C15H16N2O8S. The molecule has 0 aliphatic rings. The Balaban J connectivity index is 2.28. The molecule has 2 aromatic rings. The number of hydrogen-bond acceptors (Lipinski definition) is 8. The van der Waals surface area contributed by atoms with Gasteiger partial charge in [-0.05, 0) is 19.1 Å². The molecule has 0 amide bonds. The van der Waals surface area contributed by atoms with Crippen molar-refractivity contribution in [3.63, 3.8) is 0 Å². The SMILES string of the molecule is COC(=O)c1cc(CNS(=O)(=O)c2cc([N+](=O)[O-])ccc2OC)oc1C. The summed E-state index contributed by atoms with van der Waals surface area (Å²) < 4.78 is 42.1. The molecule has 10 nitrogen and oxygen atoms in total. The van der Waals surface area contributed by atoms with Crippen LogP contribution in [0, 0.1) is 17.0 Å². The summed E-state index contributed by atoms with van der Waals surface area (Å²) in [6, 6.07) is 4.58. The van der Waals surface area contributed by atoms with Crippen molar-refractivity contribution in [2.75, 3.05) is 14.2 Å². The van der Waals surface area contributed by atoms with E-state index in [9.17, 15) is 23.3 Å². The third-order valence-electron chi connectivity index (χ3n) is 3.46. The Kier molecular flexibility index (Phi) is 5.63. The largest absolute Gasteiger partial charge is 0.495 e. The number of sulfonamides is 1. The van der Waals surface area contributed by atoms with Crippen LogP contribution in [0.3, 0.4) is 0 Å². The molecule has 2 rings (SSSR count). The molecule has 11 heteroatoms. The molecule has 1 heterocycles. The van der Waals surface area contributed by atoms with Crippen LogP contribution in [-0.2, 0) is 21.3 Å². The summed E-state index contributed by atoms with van der Waals surface area (Å²) in [7, 11) is -1.68. The van der Waals surface area contributed by atoms with Gasteiger partial charge >= 0.3 is 5.97 Å². The molecular weight excluding hydrogens is 368 g/mol. The molecule has 0 aliphatic carbocycles. The predicted molar refractivity (Wildman–Crippen MR) is 88.5 cm³/mol. The number of esters is 1. The van der Waals surface area contributed by atoms with Crippen molar-refractivity contribution in [3.8, 4) is 5.75 Å². The van der Waals surface area contributed by atoms with E-state index in [1.807, 2.05) is 0 Å². The Morgan fingerprint density at radius 2 is 2.00 bits per heavy atom. The van der Waals surface area contributed by atoms with Crippen LogP contribution >= 0.6 is 0 Å². The first-order valence-corrected chi connectivity index (χ1v) is 8.67. The number of methoxy groups -OCH3 is 2. The van der Waals surface area contributed by atoms with Gasteiger partial charge in [0.05, 0.1) is 25.7 Å². The number of carbonyl (C=O) groups is 1. The highest BCUT2D eigenvalue weighted by Crippen LogP contribution is 2.28. The first kappa shape index (κ1) is 19.4. The lowest BCUT2D eigenvalue weighted by molar-refractivity contribution is -0.385. The van der Waals surface area contributed by atoms with Gasteiger partial charge in [-0.1, -0.05) is 0 Å². The van der Waals surface area contributed by atoms with Crippen molar-refractivity contribution >= 4 is 21.7 Å². The maximum Gasteiger partial charge on any atom is 0.341 e. The van der Waals surface area contributed by atoms with Crippen molar-refractivity contribution in [1.29, 1.82) is 0 Å². The van der Waals surface area contributed by atoms with Gasteiger partial charge in [-0.2, -0.15) is 0 Å². The molecule has 0 saturated carbocycles. The van der Waals surface area contributed by atoms with E-state index in [4.69, 9.17) is 9.15 Å². The van der Waals surface area contributed by atoms with E-state index in [0.717, 1.165) is 12.1 Å². The molecule has 1 N–H and O–H groups in total. The molecule has 26 heavy (non-hydrogen) atoms. The van der Waals surface area contributed by atoms with E-state index in [0.29, 0.717) is 0 Å². The summed E-state index contributed by atoms with van der Waals surface area (Å²) >= 11 is 0. The molecule has 1 aromatic carbocycles. The number of hydrogen-bond donors (Lipinski definition) is 1. The fraction of sp³-hybridized carbons (Fsp3) is 0.267. The van der Waals surface area contributed by atoms with Gasteiger partial charge in [-0.3, -0.25) is 10.1 Å². The lowest BCUT2D eigenvalue weighted by Gasteiger charge is -2.09. The summed E-state index contributed by atoms with van der Waals surface area (Å²) in [6.07, 6.45) is 0. The normalized spacial score (nSPS) is 11.2. The highest BCUT2D eigenvalue weighted by molar-refractivity contribution is 7.89. The fourth-order valence-electron chi connectivity index (χ4n) is 2.18. The minimum Gasteiger partial charge on any atom is -0.495 e. The Labute approximate surface area is 148 Å². The number of benzene rings is 1. The van der Waals surface area contributed by atoms with Crippen molar-refractivity contribution in [3.05, 3.63) is 51.5 Å². The highest BCUT2D eigenvalue weighted by atomic mass is 32.2.